The second-order valence-electron chi connectivity index (χ2n) is 7.43. The zero-order valence-electron chi connectivity index (χ0n) is 16.3. The smallest absolute Gasteiger partial charge is 0.324 e. The number of imide groups is 1. The highest BCUT2D eigenvalue weighted by Gasteiger charge is 2.49. The summed E-state index contributed by atoms with van der Waals surface area (Å²) in [6, 6.07) is 9.14. The number of rotatable bonds is 5. The summed E-state index contributed by atoms with van der Waals surface area (Å²) in [5.74, 6) is -2.72. The molecule has 3 rings (SSSR count). The Morgan fingerprint density at radius 2 is 1.69 bits per heavy atom. The fourth-order valence-corrected chi connectivity index (χ4v) is 3.21. The van der Waals surface area contributed by atoms with Crippen molar-refractivity contribution in [3.63, 3.8) is 0 Å². The van der Waals surface area contributed by atoms with Crippen molar-refractivity contribution in [1.82, 2.24) is 10.2 Å². The van der Waals surface area contributed by atoms with Crippen LogP contribution in [-0.4, -0.2) is 29.3 Å². The molecule has 1 fully saturated rings. The van der Waals surface area contributed by atoms with Crippen LogP contribution in [0.5, 0.6) is 0 Å². The molecule has 0 spiro atoms. The number of urea groups is 1. The number of halogens is 2. The van der Waals surface area contributed by atoms with E-state index in [0.29, 0.717) is 17.5 Å². The summed E-state index contributed by atoms with van der Waals surface area (Å²) in [6.07, 6.45) is 0. The summed E-state index contributed by atoms with van der Waals surface area (Å²) in [4.78, 5) is 38.2. The van der Waals surface area contributed by atoms with Crippen molar-refractivity contribution in [3.8, 4) is 0 Å². The van der Waals surface area contributed by atoms with Gasteiger partial charge in [-0.15, -0.1) is 0 Å². The summed E-state index contributed by atoms with van der Waals surface area (Å²) in [7, 11) is 0. The highest BCUT2D eigenvalue weighted by molar-refractivity contribution is 6.10. The van der Waals surface area contributed by atoms with Crippen molar-refractivity contribution in [2.45, 2.75) is 32.2 Å². The fraction of sp³-hybridized carbons (Fsp3) is 0.286. The van der Waals surface area contributed by atoms with Gasteiger partial charge in [0.15, 0.2) is 0 Å². The Morgan fingerprint density at radius 3 is 2.24 bits per heavy atom. The minimum absolute atomic E-state index is 0.105. The van der Waals surface area contributed by atoms with Crippen LogP contribution in [-0.2, 0) is 15.1 Å². The summed E-state index contributed by atoms with van der Waals surface area (Å²) in [6.45, 7) is 5.08. The molecule has 6 nitrogen and oxygen atoms in total. The highest BCUT2D eigenvalue weighted by atomic mass is 19.1. The number of hydrogen-bond acceptors (Lipinski definition) is 3. The molecule has 2 aromatic rings. The molecule has 2 aromatic carbocycles. The lowest BCUT2D eigenvalue weighted by molar-refractivity contribution is -0.133. The van der Waals surface area contributed by atoms with E-state index in [1.807, 2.05) is 26.0 Å². The van der Waals surface area contributed by atoms with Gasteiger partial charge in [0.25, 0.3) is 5.91 Å². The highest BCUT2D eigenvalue weighted by Crippen LogP contribution is 2.30. The number of carbonyl (C=O) groups is 3. The Bertz CT molecular complexity index is 955. The van der Waals surface area contributed by atoms with Crippen molar-refractivity contribution in [2.75, 3.05) is 11.9 Å². The molecule has 0 saturated carbocycles. The predicted molar refractivity (Wildman–Crippen MR) is 103 cm³/mol. The third-order valence-electron chi connectivity index (χ3n) is 4.88. The van der Waals surface area contributed by atoms with E-state index in [-0.39, 0.29) is 5.69 Å². The lowest BCUT2D eigenvalue weighted by Crippen LogP contribution is -2.42. The van der Waals surface area contributed by atoms with E-state index in [2.05, 4.69) is 10.6 Å². The van der Waals surface area contributed by atoms with E-state index in [1.165, 1.54) is 0 Å². The van der Waals surface area contributed by atoms with Gasteiger partial charge in [0, 0.05) is 11.8 Å². The minimum atomic E-state index is -1.31. The number of amides is 4. The molecule has 1 heterocycles. The maximum Gasteiger partial charge on any atom is 0.325 e. The van der Waals surface area contributed by atoms with Crippen LogP contribution in [0.3, 0.4) is 0 Å². The molecule has 1 aliphatic rings. The number of hydrogen-bond donors (Lipinski definition) is 2. The van der Waals surface area contributed by atoms with Crippen LogP contribution in [0.2, 0.25) is 0 Å². The molecule has 29 heavy (non-hydrogen) atoms. The van der Waals surface area contributed by atoms with Gasteiger partial charge in [0.1, 0.15) is 23.7 Å². The fourth-order valence-electron chi connectivity index (χ4n) is 3.21. The van der Waals surface area contributed by atoms with Gasteiger partial charge in [-0.3, -0.25) is 14.5 Å². The van der Waals surface area contributed by atoms with Crippen molar-refractivity contribution < 1.29 is 23.2 Å². The van der Waals surface area contributed by atoms with E-state index in [4.69, 9.17) is 0 Å². The molecule has 0 radical (unpaired) electrons. The average molecular weight is 401 g/mol. The molecule has 0 aliphatic carbocycles. The van der Waals surface area contributed by atoms with Crippen molar-refractivity contribution >= 4 is 23.5 Å². The molecule has 1 unspecified atom stereocenters. The van der Waals surface area contributed by atoms with Crippen LogP contribution in [0, 0.1) is 11.6 Å². The van der Waals surface area contributed by atoms with E-state index in [1.54, 1.807) is 19.1 Å². The van der Waals surface area contributed by atoms with Gasteiger partial charge in [-0.2, -0.15) is 0 Å². The van der Waals surface area contributed by atoms with E-state index in [9.17, 15) is 23.2 Å². The first-order valence-electron chi connectivity index (χ1n) is 9.10. The third kappa shape index (κ3) is 4.11. The second-order valence-corrected chi connectivity index (χ2v) is 7.43. The molecule has 1 saturated heterocycles. The van der Waals surface area contributed by atoms with Gasteiger partial charge in [-0.05, 0) is 36.1 Å². The Morgan fingerprint density at radius 1 is 1.10 bits per heavy atom. The average Bonchev–Trinajstić information content (AvgIpc) is 2.85. The summed E-state index contributed by atoms with van der Waals surface area (Å²) >= 11 is 0. The van der Waals surface area contributed by atoms with Gasteiger partial charge in [0.05, 0.1) is 0 Å². The number of nitrogens with one attached hydrogen (secondary N) is 2. The SMILES string of the molecule is CC(C)c1ccc(C2(C)NC(=O)N(CC(=O)Nc3cc(F)cc(F)c3)C2=O)cc1. The first kappa shape index (κ1) is 20.4. The molecule has 0 bridgehead atoms. The van der Waals surface area contributed by atoms with Gasteiger partial charge in [-0.25, -0.2) is 13.6 Å². The van der Waals surface area contributed by atoms with Gasteiger partial charge >= 0.3 is 6.03 Å². The molecule has 0 aromatic heterocycles. The monoisotopic (exact) mass is 401 g/mol. The predicted octanol–water partition coefficient (Wildman–Crippen LogP) is 3.49. The summed E-state index contributed by atoms with van der Waals surface area (Å²) in [5.41, 5.74) is 0.271. The van der Waals surface area contributed by atoms with Crippen molar-refractivity contribution in [2.24, 2.45) is 0 Å². The normalized spacial score (nSPS) is 18.9. The Labute approximate surface area is 166 Å². The molecule has 8 heteroatoms. The molecule has 1 aliphatic heterocycles. The maximum absolute atomic E-state index is 13.3. The first-order chi connectivity index (χ1) is 13.6. The van der Waals surface area contributed by atoms with E-state index in [0.717, 1.165) is 22.6 Å². The summed E-state index contributed by atoms with van der Waals surface area (Å²) < 4.78 is 26.5. The lowest BCUT2D eigenvalue weighted by Gasteiger charge is -2.22. The minimum Gasteiger partial charge on any atom is -0.324 e. The molecular formula is C21H21F2N3O3. The number of benzene rings is 2. The van der Waals surface area contributed by atoms with Gasteiger partial charge < -0.3 is 10.6 Å². The van der Waals surface area contributed by atoms with Crippen LogP contribution in [0.4, 0.5) is 19.3 Å². The first-order valence-corrected chi connectivity index (χ1v) is 9.10. The Kier molecular flexibility index (Phi) is 5.37. The number of nitrogens with zero attached hydrogens (tertiary/aromatic N) is 1. The zero-order chi connectivity index (χ0) is 21.3. The topological polar surface area (TPSA) is 78.5 Å². The number of anilines is 1. The quantitative estimate of drug-likeness (QED) is 0.753. The number of carbonyl (C=O) groups excluding carboxylic acids is 3. The van der Waals surface area contributed by atoms with Crippen LogP contribution in [0.1, 0.15) is 37.8 Å². The summed E-state index contributed by atoms with van der Waals surface area (Å²) in [5, 5.41) is 4.91. The second kappa shape index (κ2) is 7.62. The molecule has 1 atom stereocenters. The lowest BCUT2D eigenvalue weighted by atomic mass is 9.90. The van der Waals surface area contributed by atoms with Crippen LogP contribution >= 0.6 is 0 Å². The Hall–Kier alpha value is -3.29. The van der Waals surface area contributed by atoms with Crippen molar-refractivity contribution in [3.05, 3.63) is 65.2 Å². The van der Waals surface area contributed by atoms with Crippen molar-refractivity contribution in [1.29, 1.82) is 0 Å². The molecule has 2 N–H and O–H groups in total. The molecular weight excluding hydrogens is 380 g/mol. The van der Waals surface area contributed by atoms with E-state index >= 15 is 0 Å². The third-order valence-corrected chi connectivity index (χ3v) is 4.88. The standard InChI is InChI=1S/C21H21F2N3O3/c1-12(2)13-4-6-14(7-5-13)21(3)19(28)26(20(29)25-21)11-18(27)24-17-9-15(22)8-16(23)10-17/h4-10,12H,11H2,1-3H3,(H,24,27)(H,25,29). The maximum atomic E-state index is 13.3. The van der Waals surface area contributed by atoms with Gasteiger partial charge in [0.2, 0.25) is 5.91 Å². The van der Waals surface area contributed by atoms with Crippen LogP contribution in [0.15, 0.2) is 42.5 Å². The largest absolute Gasteiger partial charge is 0.325 e. The Balaban J connectivity index is 1.75. The molecule has 152 valence electrons. The van der Waals surface area contributed by atoms with E-state index < -0.39 is 41.6 Å². The zero-order valence-corrected chi connectivity index (χ0v) is 16.3. The van der Waals surface area contributed by atoms with Crippen LogP contribution < -0.4 is 10.6 Å². The van der Waals surface area contributed by atoms with Crippen LogP contribution in [0.25, 0.3) is 0 Å². The molecule has 4 amide bonds. The van der Waals surface area contributed by atoms with Gasteiger partial charge in [-0.1, -0.05) is 38.1 Å².